The van der Waals surface area contributed by atoms with E-state index in [9.17, 15) is 9.18 Å². The third-order valence-electron chi connectivity index (χ3n) is 3.09. The quantitative estimate of drug-likeness (QED) is 0.764. The minimum Gasteiger partial charge on any atom is -0.281 e. The first-order valence-corrected chi connectivity index (χ1v) is 6.44. The van der Waals surface area contributed by atoms with E-state index in [4.69, 9.17) is 11.6 Å². The molecule has 1 unspecified atom stereocenters. The number of hydrogen-bond acceptors (Lipinski definition) is 1. The van der Waals surface area contributed by atoms with Crippen LogP contribution in [0.4, 0.5) is 4.39 Å². The summed E-state index contributed by atoms with van der Waals surface area (Å²) in [5.74, 6) is -0.871. The Morgan fingerprint density at radius 2 is 1.89 bits per heavy atom. The van der Waals surface area contributed by atoms with Gasteiger partial charge in [-0.1, -0.05) is 42.0 Å². The van der Waals surface area contributed by atoms with E-state index in [0.717, 1.165) is 11.1 Å². The molecule has 0 saturated heterocycles. The first kappa shape index (κ1) is 13.8. The summed E-state index contributed by atoms with van der Waals surface area (Å²) < 4.78 is 13.2. The summed E-state index contributed by atoms with van der Waals surface area (Å²) in [5, 5.41) is -0.467. The lowest BCUT2D eigenvalue weighted by Gasteiger charge is -2.13. The van der Waals surface area contributed by atoms with Crippen molar-refractivity contribution in [2.24, 2.45) is 0 Å². The normalized spacial score (nSPS) is 12.2. The van der Waals surface area contributed by atoms with Gasteiger partial charge in [0.25, 0.3) is 0 Å². The smallest absolute Gasteiger partial charge is 0.229 e. The summed E-state index contributed by atoms with van der Waals surface area (Å²) in [6.45, 7) is 2.00. The topological polar surface area (TPSA) is 17.1 Å². The summed E-state index contributed by atoms with van der Waals surface area (Å²) in [6.07, 6.45) is 0.478. The molecular weight excluding hydrogens is 263 g/mol. The third kappa shape index (κ3) is 3.65. The predicted molar refractivity (Wildman–Crippen MR) is 74.9 cm³/mol. The molecule has 0 aromatic heterocycles. The molecule has 1 atom stereocenters. The second-order valence-electron chi connectivity index (χ2n) is 4.60. The van der Waals surface area contributed by atoms with Gasteiger partial charge in [0.05, 0.1) is 5.92 Å². The molecule has 0 N–H and O–H groups in total. The maximum atomic E-state index is 13.2. The summed E-state index contributed by atoms with van der Waals surface area (Å²) >= 11 is 5.65. The molecule has 0 saturated carbocycles. The second-order valence-corrected chi connectivity index (χ2v) is 4.97. The van der Waals surface area contributed by atoms with Gasteiger partial charge in [-0.2, -0.15) is 0 Å². The average Bonchev–Trinajstić information content (AvgIpc) is 2.37. The Morgan fingerprint density at radius 3 is 2.47 bits per heavy atom. The van der Waals surface area contributed by atoms with Crippen LogP contribution in [-0.2, 0) is 11.2 Å². The van der Waals surface area contributed by atoms with Crippen molar-refractivity contribution in [1.29, 1.82) is 0 Å². The number of aryl methyl sites for hydroxylation is 1. The van der Waals surface area contributed by atoms with Gasteiger partial charge in [0, 0.05) is 0 Å². The Balaban J connectivity index is 2.26. The van der Waals surface area contributed by atoms with Crippen molar-refractivity contribution < 1.29 is 9.18 Å². The molecule has 0 spiro atoms. The maximum absolute atomic E-state index is 13.2. The molecular formula is C16H14ClFO. The summed E-state index contributed by atoms with van der Waals surface area (Å²) in [6, 6.07) is 13.9. The fourth-order valence-corrected chi connectivity index (χ4v) is 2.22. The number of rotatable bonds is 4. The van der Waals surface area contributed by atoms with Crippen molar-refractivity contribution in [3.05, 3.63) is 71.0 Å². The SMILES string of the molecule is Cc1ccc(CC(C(=O)Cl)c2cccc(F)c2)cc1. The van der Waals surface area contributed by atoms with Gasteiger partial charge in [-0.15, -0.1) is 0 Å². The van der Waals surface area contributed by atoms with E-state index in [1.54, 1.807) is 12.1 Å². The van der Waals surface area contributed by atoms with Crippen LogP contribution in [0.5, 0.6) is 0 Å². The Kier molecular flexibility index (Phi) is 4.33. The zero-order chi connectivity index (χ0) is 13.8. The Labute approximate surface area is 117 Å². The predicted octanol–water partition coefficient (Wildman–Crippen LogP) is 4.23. The molecule has 0 bridgehead atoms. The Morgan fingerprint density at radius 1 is 1.21 bits per heavy atom. The van der Waals surface area contributed by atoms with E-state index in [1.165, 1.54) is 12.1 Å². The summed E-state index contributed by atoms with van der Waals surface area (Å²) in [4.78, 5) is 11.6. The monoisotopic (exact) mass is 276 g/mol. The molecule has 2 aromatic rings. The first-order chi connectivity index (χ1) is 9.06. The molecule has 0 aliphatic rings. The zero-order valence-corrected chi connectivity index (χ0v) is 11.3. The summed E-state index contributed by atoms with van der Waals surface area (Å²) in [5.41, 5.74) is 2.78. The lowest BCUT2D eigenvalue weighted by atomic mass is 9.92. The molecule has 0 radical (unpaired) electrons. The highest BCUT2D eigenvalue weighted by molar-refractivity contribution is 6.64. The third-order valence-corrected chi connectivity index (χ3v) is 3.35. The van der Waals surface area contributed by atoms with Gasteiger partial charge >= 0.3 is 0 Å². The lowest BCUT2D eigenvalue weighted by Crippen LogP contribution is -2.10. The first-order valence-electron chi connectivity index (χ1n) is 6.06. The van der Waals surface area contributed by atoms with E-state index in [-0.39, 0.29) is 5.82 Å². The number of carbonyl (C=O) groups is 1. The van der Waals surface area contributed by atoms with Crippen molar-refractivity contribution in [3.63, 3.8) is 0 Å². The average molecular weight is 277 g/mol. The highest BCUT2D eigenvalue weighted by Crippen LogP contribution is 2.24. The van der Waals surface area contributed by atoms with Gasteiger partial charge in [0.1, 0.15) is 5.82 Å². The van der Waals surface area contributed by atoms with Crippen LogP contribution >= 0.6 is 11.6 Å². The van der Waals surface area contributed by atoms with E-state index < -0.39 is 11.2 Å². The van der Waals surface area contributed by atoms with E-state index in [1.807, 2.05) is 31.2 Å². The number of hydrogen-bond donors (Lipinski definition) is 0. The van der Waals surface area contributed by atoms with Crippen LogP contribution in [0, 0.1) is 12.7 Å². The van der Waals surface area contributed by atoms with Gasteiger partial charge in [0.15, 0.2) is 0 Å². The van der Waals surface area contributed by atoms with Crippen LogP contribution < -0.4 is 0 Å². The molecule has 19 heavy (non-hydrogen) atoms. The van der Waals surface area contributed by atoms with Crippen LogP contribution in [0.3, 0.4) is 0 Å². The number of halogens is 2. The molecule has 0 amide bonds. The van der Waals surface area contributed by atoms with Gasteiger partial charge < -0.3 is 0 Å². The van der Waals surface area contributed by atoms with Crippen molar-refractivity contribution in [3.8, 4) is 0 Å². The van der Waals surface area contributed by atoms with Crippen molar-refractivity contribution >= 4 is 16.8 Å². The van der Waals surface area contributed by atoms with Gasteiger partial charge in [-0.05, 0) is 48.2 Å². The minimum atomic E-state index is -0.514. The molecule has 0 aliphatic heterocycles. The van der Waals surface area contributed by atoms with Crippen LogP contribution in [-0.4, -0.2) is 5.24 Å². The fraction of sp³-hybridized carbons (Fsp3) is 0.188. The van der Waals surface area contributed by atoms with Crippen molar-refractivity contribution in [1.82, 2.24) is 0 Å². The molecule has 2 rings (SSSR count). The van der Waals surface area contributed by atoms with Gasteiger partial charge in [-0.25, -0.2) is 4.39 Å². The van der Waals surface area contributed by atoms with Crippen LogP contribution in [0.2, 0.25) is 0 Å². The highest BCUT2D eigenvalue weighted by atomic mass is 35.5. The second kappa shape index (κ2) is 5.98. The van der Waals surface area contributed by atoms with Crippen LogP contribution in [0.25, 0.3) is 0 Å². The van der Waals surface area contributed by atoms with Crippen LogP contribution in [0.15, 0.2) is 48.5 Å². The van der Waals surface area contributed by atoms with Crippen molar-refractivity contribution in [2.45, 2.75) is 19.3 Å². The number of benzene rings is 2. The van der Waals surface area contributed by atoms with Gasteiger partial charge in [0.2, 0.25) is 5.24 Å². The van der Waals surface area contributed by atoms with Crippen LogP contribution in [0.1, 0.15) is 22.6 Å². The number of carbonyl (C=O) groups excluding carboxylic acids is 1. The maximum Gasteiger partial charge on any atom is 0.229 e. The van der Waals surface area contributed by atoms with E-state index in [2.05, 4.69) is 0 Å². The van der Waals surface area contributed by atoms with E-state index in [0.29, 0.717) is 12.0 Å². The Bertz CT molecular complexity index is 578. The minimum absolute atomic E-state index is 0.357. The molecule has 3 heteroatoms. The van der Waals surface area contributed by atoms with E-state index >= 15 is 0 Å². The fourth-order valence-electron chi connectivity index (χ4n) is 2.01. The summed E-state index contributed by atoms with van der Waals surface area (Å²) in [7, 11) is 0. The molecule has 0 aliphatic carbocycles. The standard InChI is InChI=1S/C16H14ClFO/c1-11-5-7-12(8-6-11)9-15(16(17)19)13-3-2-4-14(18)10-13/h2-8,10,15H,9H2,1H3. The zero-order valence-electron chi connectivity index (χ0n) is 10.6. The molecule has 98 valence electrons. The molecule has 0 heterocycles. The molecule has 1 nitrogen and oxygen atoms in total. The highest BCUT2D eigenvalue weighted by Gasteiger charge is 2.19. The molecule has 2 aromatic carbocycles. The Hall–Kier alpha value is -1.67. The molecule has 0 fully saturated rings. The lowest BCUT2D eigenvalue weighted by molar-refractivity contribution is -0.113. The van der Waals surface area contributed by atoms with Crippen molar-refractivity contribution in [2.75, 3.05) is 0 Å². The van der Waals surface area contributed by atoms with Gasteiger partial charge in [-0.3, -0.25) is 4.79 Å². The largest absolute Gasteiger partial charge is 0.281 e.